The van der Waals surface area contributed by atoms with Crippen molar-refractivity contribution in [1.29, 1.82) is 0 Å². The number of ether oxygens (including phenoxy) is 2. The van der Waals surface area contributed by atoms with E-state index < -0.39 is 0 Å². The van der Waals surface area contributed by atoms with Crippen molar-refractivity contribution in [2.24, 2.45) is 0 Å². The van der Waals surface area contributed by atoms with Crippen LogP contribution >= 0.6 is 11.8 Å². The van der Waals surface area contributed by atoms with E-state index in [1.807, 2.05) is 30.3 Å². The van der Waals surface area contributed by atoms with Gasteiger partial charge in [0.05, 0.1) is 20.3 Å². The Hall–Kier alpha value is -2.33. The highest BCUT2D eigenvalue weighted by Gasteiger charge is 2.40. The molecule has 0 radical (unpaired) electrons. The maximum Gasteiger partial charge on any atom is 0.240 e. The van der Waals surface area contributed by atoms with Crippen LogP contribution in [0.1, 0.15) is 24.8 Å². The van der Waals surface area contributed by atoms with Gasteiger partial charge in [-0.3, -0.25) is 14.6 Å². The molecule has 0 N–H and O–H groups in total. The normalized spacial score (nSPS) is 23.7. The van der Waals surface area contributed by atoms with Crippen molar-refractivity contribution in [3.05, 3.63) is 53.8 Å². The van der Waals surface area contributed by atoms with Gasteiger partial charge >= 0.3 is 0 Å². The molecule has 9 heteroatoms. The molecule has 0 unspecified atom stereocenters. The van der Waals surface area contributed by atoms with Crippen LogP contribution in [-0.2, 0) is 11.3 Å². The van der Waals surface area contributed by atoms with E-state index in [1.54, 1.807) is 26.0 Å². The SMILES string of the molecule is COc1ccc(OC)c(CN2C[C@H](Sc3ccc(F)cc3)C[C@H]2C(=O)N2CCN(C3CCN(C)CC3)CC2)c1. The van der Waals surface area contributed by atoms with Gasteiger partial charge in [-0.1, -0.05) is 0 Å². The molecule has 3 fully saturated rings. The quantitative estimate of drug-likeness (QED) is 0.490. The molecule has 39 heavy (non-hydrogen) atoms. The Labute approximate surface area is 236 Å². The number of halogens is 1. The summed E-state index contributed by atoms with van der Waals surface area (Å²) in [4.78, 5) is 24.4. The number of thioether (sulfide) groups is 1. The molecule has 7 nitrogen and oxygen atoms in total. The van der Waals surface area contributed by atoms with Crippen molar-refractivity contribution in [1.82, 2.24) is 19.6 Å². The third-order valence-electron chi connectivity index (χ3n) is 8.46. The van der Waals surface area contributed by atoms with Gasteiger partial charge in [0.25, 0.3) is 0 Å². The average molecular weight is 557 g/mol. The lowest BCUT2D eigenvalue weighted by Gasteiger charge is -2.43. The predicted molar refractivity (Wildman–Crippen MR) is 153 cm³/mol. The molecular formula is C30H41FN4O3S. The van der Waals surface area contributed by atoms with Gasteiger partial charge < -0.3 is 19.3 Å². The summed E-state index contributed by atoms with van der Waals surface area (Å²) in [5, 5.41) is 0.238. The smallest absolute Gasteiger partial charge is 0.240 e. The molecule has 3 heterocycles. The van der Waals surface area contributed by atoms with Gasteiger partial charge in [-0.2, -0.15) is 0 Å². The first-order valence-corrected chi connectivity index (χ1v) is 14.9. The van der Waals surface area contributed by atoms with Crippen molar-refractivity contribution in [2.75, 3.05) is 67.1 Å². The van der Waals surface area contributed by atoms with E-state index >= 15 is 0 Å². The maximum atomic E-state index is 14.0. The zero-order valence-corrected chi connectivity index (χ0v) is 24.2. The first-order valence-electron chi connectivity index (χ1n) is 14.0. The number of hydrogen-bond donors (Lipinski definition) is 0. The number of carbonyl (C=O) groups is 1. The number of amides is 1. The molecule has 212 valence electrons. The predicted octanol–water partition coefficient (Wildman–Crippen LogP) is 3.82. The van der Waals surface area contributed by atoms with Gasteiger partial charge in [0.2, 0.25) is 5.91 Å². The van der Waals surface area contributed by atoms with Crippen molar-refractivity contribution in [3.8, 4) is 11.5 Å². The minimum absolute atomic E-state index is 0.200. The van der Waals surface area contributed by atoms with Crippen molar-refractivity contribution >= 4 is 17.7 Å². The fourth-order valence-electron chi connectivity index (χ4n) is 6.19. The molecule has 0 spiro atoms. The third kappa shape index (κ3) is 6.88. The van der Waals surface area contributed by atoms with Crippen LogP contribution in [0.5, 0.6) is 11.5 Å². The van der Waals surface area contributed by atoms with E-state index in [2.05, 4.69) is 26.6 Å². The fraction of sp³-hybridized carbons (Fsp3) is 0.567. The number of hydrogen-bond acceptors (Lipinski definition) is 7. The summed E-state index contributed by atoms with van der Waals surface area (Å²) in [6, 6.07) is 12.9. The Balaban J connectivity index is 1.28. The molecule has 2 aromatic carbocycles. The van der Waals surface area contributed by atoms with Crippen molar-refractivity contribution in [3.63, 3.8) is 0 Å². The van der Waals surface area contributed by atoms with Crippen molar-refractivity contribution < 1.29 is 18.7 Å². The second-order valence-electron chi connectivity index (χ2n) is 10.9. The summed E-state index contributed by atoms with van der Waals surface area (Å²) in [7, 11) is 5.53. The van der Waals surface area contributed by atoms with Gasteiger partial charge in [-0.05, 0) is 81.9 Å². The molecule has 3 aliphatic heterocycles. The molecule has 3 aliphatic rings. The molecule has 0 saturated carbocycles. The molecule has 2 atom stereocenters. The molecule has 0 aliphatic carbocycles. The summed E-state index contributed by atoms with van der Waals surface area (Å²) in [6.45, 7) is 7.15. The molecule has 0 bridgehead atoms. The Morgan fingerprint density at radius 2 is 1.69 bits per heavy atom. The summed E-state index contributed by atoms with van der Waals surface area (Å²) in [6.07, 6.45) is 3.19. The Morgan fingerprint density at radius 3 is 2.36 bits per heavy atom. The first kappa shape index (κ1) is 28.2. The minimum atomic E-state index is -0.232. The summed E-state index contributed by atoms with van der Waals surface area (Å²) in [5.74, 6) is 1.56. The highest BCUT2D eigenvalue weighted by Crippen LogP contribution is 2.36. The number of piperazine rings is 1. The summed E-state index contributed by atoms with van der Waals surface area (Å²) in [5.41, 5.74) is 1.01. The number of methoxy groups -OCH3 is 2. The highest BCUT2D eigenvalue weighted by molar-refractivity contribution is 8.00. The highest BCUT2D eigenvalue weighted by atomic mass is 32.2. The number of nitrogens with zero attached hydrogens (tertiary/aromatic N) is 4. The maximum absolute atomic E-state index is 14.0. The number of likely N-dealkylation sites (tertiary alicyclic amines) is 2. The van der Waals surface area contributed by atoms with Gasteiger partial charge in [-0.15, -0.1) is 11.8 Å². The summed E-state index contributed by atoms with van der Waals surface area (Å²) < 4.78 is 24.6. The lowest BCUT2D eigenvalue weighted by molar-refractivity contribution is -0.138. The summed E-state index contributed by atoms with van der Waals surface area (Å²) >= 11 is 1.73. The number of piperidine rings is 1. The second kappa shape index (κ2) is 12.9. The van der Waals surface area contributed by atoms with Crippen LogP contribution in [0.3, 0.4) is 0 Å². The molecule has 5 rings (SSSR count). The zero-order chi connectivity index (χ0) is 27.4. The van der Waals surface area contributed by atoms with E-state index in [0.717, 1.165) is 74.2 Å². The third-order valence-corrected chi connectivity index (χ3v) is 9.68. The largest absolute Gasteiger partial charge is 0.497 e. The number of rotatable bonds is 8. The van der Waals surface area contributed by atoms with Crippen molar-refractivity contribution in [2.45, 2.75) is 48.0 Å². The monoisotopic (exact) mass is 556 g/mol. The fourth-order valence-corrected chi connectivity index (χ4v) is 7.41. The van der Waals surface area contributed by atoms with Gasteiger partial charge in [0, 0.05) is 61.0 Å². The van der Waals surface area contributed by atoms with Gasteiger partial charge in [-0.25, -0.2) is 4.39 Å². The molecule has 3 saturated heterocycles. The Kier molecular flexibility index (Phi) is 9.32. The van der Waals surface area contributed by atoms with E-state index in [4.69, 9.17) is 9.47 Å². The average Bonchev–Trinajstić information content (AvgIpc) is 3.36. The van der Waals surface area contributed by atoms with Gasteiger partial charge in [0.15, 0.2) is 0 Å². The molecule has 2 aromatic rings. The zero-order valence-electron chi connectivity index (χ0n) is 23.4. The molecule has 1 amide bonds. The molecular weight excluding hydrogens is 515 g/mol. The van der Waals surface area contributed by atoms with Crippen LogP contribution in [0.4, 0.5) is 4.39 Å². The van der Waals surface area contributed by atoms with Crippen LogP contribution in [0, 0.1) is 5.82 Å². The first-order chi connectivity index (χ1) is 18.9. The number of carbonyl (C=O) groups excluding carboxylic acids is 1. The van der Waals surface area contributed by atoms with Crippen LogP contribution in [-0.4, -0.2) is 110 Å². The second-order valence-corrected chi connectivity index (χ2v) is 12.3. The van der Waals surface area contributed by atoms with E-state index in [1.165, 1.54) is 25.0 Å². The van der Waals surface area contributed by atoms with Crippen LogP contribution in [0.25, 0.3) is 0 Å². The standard InChI is InChI=1S/C30H41FN4O3S/c1-32-12-10-24(11-13-32)33-14-16-34(17-15-33)30(36)28-19-27(39-26-7-4-23(31)5-8-26)21-35(28)20-22-18-25(37-2)6-9-29(22)38-3/h4-9,18,24,27-28H,10-17,19-21H2,1-3H3/t27-,28+/m1/s1. The lowest BCUT2D eigenvalue weighted by atomic mass is 10.0. The minimum Gasteiger partial charge on any atom is -0.497 e. The van der Waals surface area contributed by atoms with Crippen LogP contribution in [0.15, 0.2) is 47.4 Å². The molecule has 0 aromatic heterocycles. The van der Waals surface area contributed by atoms with E-state index in [0.29, 0.717) is 12.6 Å². The van der Waals surface area contributed by atoms with E-state index in [-0.39, 0.29) is 23.0 Å². The lowest BCUT2D eigenvalue weighted by Crippen LogP contribution is -2.56. The van der Waals surface area contributed by atoms with Crippen LogP contribution in [0.2, 0.25) is 0 Å². The van der Waals surface area contributed by atoms with E-state index in [9.17, 15) is 9.18 Å². The topological polar surface area (TPSA) is 48.5 Å². The van der Waals surface area contributed by atoms with Crippen LogP contribution < -0.4 is 9.47 Å². The Bertz CT molecular complexity index is 1100. The van der Waals surface area contributed by atoms with Gasteiger partial charge in [0.1, 0.15) is 17.3 Å². The number of benzene rings is 2. The Morgan fingerprint density at radius 1 is 0.974 bits per heavy atom.